The van der Waals surface area contributed by atoms with E-state index >= 15 is 0 Å². The van der Waals surface area contributed by atoms with Gasteiger partial charge in [-0.2, -0.15) is 0 Å². The summed E-state index contributed by atoms with van der Waals surface area (Å²) in [6.07, 6.45) is 2.48. The SMILES string of the molecule is CCC(C)(CC)SSNC. The number of hydrogen-bond acceptors (Lipinski definition) is 3. The Morgan fingerprint density at radius 2 is 1.80 bits per heavy atom. The predicted octanol–water partition coefficient (Wildman–Crippen LogP) is 3.08. The Morgan fingerprint density at radius 1 is 1.30 bits per heavy atom. The molecule has 0 aromatic carbocycles. The maximum Gasteiger partial charge on any atom is 0.0242 e. The molecule has 0 fully saturated rings. The zero-order valence-corrected chi connectivity index (χ0v) is 8.86. The van der Waals surface area contributed by atoms with Crippen LogP contribution in [-0.4, -0.2) is 11.8 Å². The van der Waals surface area contributed by atoms with Gasteiger partial charge in [0.25, 0.3) is 0 Å². The van der Waals surface area contributed by atoms with Crippen molar-refractivity contribution in [3.63, 3.8) is 0 Å². The van der Waals surface area contributed by atoms with Crippen molar-refractivity contribution in [1.29, 1.82) is 0 Å². The largest absolute Gasteiger partial charge is 0.258 e. The molecule has 0 amide bonds. The maximum atomic E-state index is 3.07. The van der Waals surface area contributed by atoms with E-state index in [1.807, 2.05) is 17.8 Å². The Hall–Kier alpha value is 0.660. The number of rotatable bonds is 5. The number of nitrogens with one attached hydrogen (secondary N) is 1. The summed E-state index contributed by atoms with van der Waals surface area (Å²) in [4.78, 5) is 0. The van der Waals surface area contributed by atoms with Crippen LogP contribution in [0.3, 0.4) is 0 Å². The van der Waals surface area contributed by atoms with Gasteiger partial charge < -0.3 is 0 Å². The molecule has 0 saturated carbocycles. The molecule has 0 aliphatic carbocycles. The first-order chi connectivity index (χ1) is 4.68. The van der Waals surface area contributed by atoms with Gasteiger partial charge in [0.05, 0.1) is 0 Å². The van der Waals surface area contributed by atoms with E-state index in [0.717, 1.165) is 0 Å². The summed E-state index contributed by atoms with van der Waals surface area (Å²) in [6.45, 7) is 6.79. The lowest BCUT2D eigenvalue weighted by Crippen LogP contribution is -2.16. The first kappa shape index (κ1) is 10.7. The second kappa shape index (κ2) is 5.33. The van der Waals surface area contributed by atoms with Gasteiger partial charge in [-0.05, 0) is 37.8 Å². The first-order valence-corrected chi connectivity index (χ1v) is 5.85. The Morgan fingerprint density at radius 3 is 2.10 bits per heavy atom. The minimum absolute atomic E-state index is 0.452. The first-order valence-electron chi connectivity index (χ1n) is 3.70. The van der Waals surface area contributed by atoms with E-state index in [4.69, 9.17) is 0 Å². The van der Waals surface area contributed by atoms with Crippen molar-refractivity contribution >= 4 is 21.8 Å². The van der Waals surface area contributed by atoms with Crippen molar-refractivity contribution < 1.29 is 0 Å². The summed E-state index contributed by atoms with van der Waals surface area (Å²) in [6, 6.07) is 0. The molecule has 62 valence electrons. The van der Waals surface area contributed by atoms with Crippen molar-refractivity contribution in [2.75, 3.05) is 7.05 Å². The van der Waals surface area contributed by atoms with Crippen molar-refractivity contribution in [3.05, 3.63) is 0 Å². The standard InChI is InChI=1S/C7H17NS2/c1-5-7(3,6-2)9-10-8-4/h8H,5-6H2,1-4H3. The average Bonchev–Trinajstić information content (AvgIpc) is 2.00. The van der Waals surface area contributed by atoms with Crippen LogP contribution >= 0.6 is 21.8 Å². The van der Waals surface area contributed by atoms with Gasteiger partial charge in [0.2, 0.25) is 0 Å². The van der Waals surface area contributed by atoms with Gasteiger partial charge in [0.1, 0.15) is 0 Å². The maximum absolute atomic E-state index is 3.07. The topological polar surface area (TPSA) is 12.0 Å². The van der Waals surface area contributed by atoms with Gasteiger partial charge in [-0.25, -0.2) is 0 Å². The zero-order chi connectivity index (χ0) is 8.04. The van der Waals surface area contributed by atoms with Gasteiger partial charge in [-0.1, -0.05) is 24.6 Å². The van der Waals surface area contributed by atoms with E-state index < -0.39 is 0 Å². The van der Waals surface area contributed by atoms with E-state index in [1.165, 1.54) is 12.8 Å². The van der Waals surface area contributed by atoms with Crippen LogP contribution in [0.4, 0.5) is 0 Å². The summed E-state index contributed by atoms with van der Waals surface area (Å²) in [5, 5.41) is 0. The second-order valence-electron chi connectivity index (χ2n) is 2.53. The quantitative estimate of drug-likeness (QED) is 0.514. The highest BCUT2D eigenvalue weighted by atomic mass is 33.1. The molecular formula is C7H17NS2. The van der Waals surface area contributed by atoms with Gasteiger partial charge in [-0.15, -0.1) is 0 Å². The molecule has 0 spiro atoms. The minimum Gasteiger partial charge on any atom is -0.258 e. The molecule has 0 aliphatic heterocycles. The summed E-state index contributed by atoms with van der Waals surface area (Å²) in [7, 11) is 5.62. The molecule has 0 heterocycles. The summed E-state index contributed by atoms with van der Waals surface area (Å²) >= 11 is 0. The third kappa shape index (κ3) is 3.74. The van der Waals surface area contributed by atoms with E-state index in [0.29, 0.717) is 4.75 Å². The Kier molecular flexibility index (Phi) is 5.68. The molecule has 0 atom stereocenters. The summed E-state index contributed by atoms with van der Waals surface area (Å²) < 4.78 is 3.52. The van der Waals surface area contributed by atoms with Crippen LogP contribution in [0.2, 0.25) is 0 Å². The van der Waals surface area contributed by atoms with Gasteiger partial charge in [0, 0.05) is 4.75 Å². The van der Waals surface area contributed by atoms with Crippen LogP contribution in [0.25, 0.3) is 0 Å². The Labute approximate surface area is 72.3 Å². The van der Waals surface area contributed by atoms with Crippen LogP contribution in [0.1, 0.15) is 33.6 Å². The molecule has 0 aromatic heterocycles. The highest BCUT2D eigenvalue weighted by Gasteiger charge is 2.19. The van der Waals surface area contributed by atoms with Crippen LogP contribution < -0.4 is 4.72 Å². The van der Waals surface area contributed by atoms with Crippen LogP contribution in [0.15, 0.2) is 0 Å². The molecular weight excluding hydrogens is 162 g/mol. The van der Waals surface area contributed by atoms with Crippen molar-refractivity contribution in [2.24, 2.45) is 0 Å². The molecule has 0 aromatic rings. The van der Waals surface area contributed by atoms with Crippen molar-refractivity contribution in [1.82, 2.24) is 4.72 Å². The summed E-state index contributed by atoms with van der Waals surface area (Å²) in [5.74, 6) is 0. The number of hydrogen-bond donors (Lipinski definition) is 1. The van der Waals surface area contributed by atoms with Gasteiger partial charge >= 0.3 is 0 Å². The molecule has 1 nitrogen and oxygen atoms in total. The van der Waals surface area contributed by atoms with Crippen molar-refractivity contribution in [3.8, 4) is 0 Å². The molecule has 0 saturated heterocycles. The van der Waals surface area contributed by atoms with Crippen molar-refractivity contribution in [2.45, 2.75) is 38.4 Å². The molecule has 10 heavy (non-hydrogen) atoms. The van der Waals surface area contributed by atoms with E-state index in [9.17, 15) is 0 Å². The molecule has 0 aliphatic rings. The molecule has 0 unspecified atom stereocenters. The van der Waals surface area contributed by atoms with Crippen LogP contribution in [0, 0.1) is 0 Å². The fraction of sp³-hybridized carbons (Fsp3) is 1.00. The lowest BCUT2D eigenvalue weighted by molar-refractivity contribution is 0.604. The minimum atomic E-state index is 0.452. The summed E-state index contributed by atoms with van der Waals surface area (Å²) in [5.41, 5.74) is 0. The van der Waals surface area contributed by atoms with E-state index in [1.54, 1.807) is 11.0 Å². The van der Waals surface area contributed by atoms with Crippen LogP contribution in [0.5, 0.6) is 0 Å². The van der Waals surface area contributed by atoms with Gasteiger partial charge in [0.15, 0.2) is 0 Å². The highest BCUT2D eigenvalue weighted by molar-refractivity contribution is 8.76. The lowest BCUT2D eigenvalue weighted by atomic mass is 10.1. The zero-order valence-electron chi connectivity index (χ0n) is 7.23. The Balaban J connectivity index is 3.58. The smallest absolute Gasteiger partial charge is 0.0242 e. The monoisotopic (exact) mass is 179 g/mol. The van der Waals surface area contributed by atoms with Crippen LogP contribution in [-0.2, 0) is 0 Å². The average molecular weight is 179 g/mol. The third-order valence-electron chi connectivity index (χ3n) is 1.82. The normalized spacial score (nSPS) is 12.0. The molecule has 1 N–H and O–H groups in total. The predicted molar refractivity (Wildman–Crippen MR) is 53.2 cm³/mol. The Bertz CT molecular complexity index is 81.7. The van der Waals surface area contributed by atoms with E-state index in [2.05, 4.69) is 25.5 Å². The molecule has 0 bridgehead atoms. The fourth-order valence-corrected chi connectivity index (χ4v) is 2.59. The fourth-order valence-electron chi connectivity index (χ4n) is 0.510. The highest BCUT2D eigenvalue weighted by Crippen LogP contribution is 2.38. The third-order valence-corrected chi connectivity index (χ3v) is 5.01. The van der Waals surface area contributed by atoms with E-state index in [-0.39, 0.29) is 0 Å². The lowest BCUT2D eigenvalue weighted by Gasteiger charge is -2.24. The van der Waals surface area contributed by atoms with Gasteiger partial charge in [-0.3, -0.25) is 4.72 Å². The molecule has 3 heteroatoms. The molecule has 0 radical (unpaired) electrons. The second-order valence-corrected chi connectivity index (χ2v) is 5.25. The molecule has 0 rings (SSSR count).